The number of aliphatic carboxylic acids is 1. The number of amides is 1. The molecular formula is C35H36N2O6. The Bertz CT molecular complexity index is 1480. The van der Waals surface area contributed by atoms with E-state index < -0.39 is 12.0 Å². The Morgan fingerprint density at radius 2 is 1.47 bits per heavy atom. The number of carboxylic acid groups (broad SMARTS) is 1. The van der Waals surface area contributed by atoms with E-state index in [4.69, 9.17) is 9.47 Å². The van der Waals surface area contributed by atoms with Crippen molar-refractivity contribution in [3.63, 3.8) is 0 Å². The van der Waals surface area contributed by atoms with Crippen LogP contribution in [0, 0.1) is 0 Å². The third-order valence-corrected chi connectivity index (χ3v) is 6.88. The number of benzene rings is 4. The number of ketones is 1. The lowest BCUT2D eigenvalue weighted by molar-refractivity contribution is -0.137. The van der Waals surface area contributed by atoms with Crippen molar-refractivity contribution in [3.05, 3.63) is 126 Å². The van der Waals surface area contributed by atoms with Gasteiger partial charge in [-0.15, -0.1) is 0 Å². The maximum atomic E-state index is 13.1. The van der Waals surface area contributed by atoms with Crippen LogP contribution in [0.25, 0.3) is 0 Å². The maximum absolute atomic E-state index is 13.1. The first-order valence-corrected chi connectivity index (χ1v) is 14.2. The highest BCUT2D eigenvalue weighted by Crippen LogP contribution is 2.22. The predicted molar refractivity (Wildman–Crippen MR) is 167 cm³/mol. The van der Waals surface area contributed by atoms with Gasteiger partial charge in [0.25, 0.3) is 0 Å². The van der Waals surface area contributed by atoms with Crippen LogP contribution in [-0.4, -0.2) is 55.7 Å². The van der Waals surface area contributed by atoms with E-state index in [-0.39, 0.29) is 18.1 Å². The highest BCUT2D eigenvalue weighted by molar-refractivity contribution is 6.12. The topological polar surface area (TPSA) is 105 Å². The molecule has 4 aromatic carbocycles. The van der Waals surface area contributed by atoms with Crippen molar-refractivity contribution in [1.29, 1.82) is 0 Å². The lowest BCUT2D eigenvalue weighted by atomic mass is 10.00. The number of carboxylic acids is 1. The molecular weight excluding hydrogens is 544 g/mol. The van der Waals surface area contributed by atoms with Gasteiger partial charge in [-0.2, -0.15) is 0 Å². The molecule has 0 radical (unpaired) electrons. The Labute approximate surface area is 251 Å². The minimum Gasteiger partial charge on any atom is -0.494 e. The van der Waals surface area contributed by atoms with Crippen LogP contribution in [0.2, 0.25) is 0 Å². The number of anilines is 2. The van der Waals surface area contributed by atoms with E-state index in [2.05, 4.69) is 5.32 Å². The van der Waals surface area contributed by atoms with E-state index in [1.54, 1.807) is 72.7 Å². The molecule has 0 fully saturated rings. The first-order chi connectivity index (χ1) is 21.0. The summed E-state index contributed by atoms with van der Waals surface area (Å²) in [7, 11) is 1.58. The molecule has 0 aromatic heterocycles. The van der Waals surface area contributed by atoms with Crippen molar-refractivity contribution in [1.82, 2.24) is 0 Å². The summed E-state index contributed by atoms with van der Waals surface area (Å²) in [4.78, 5) is 39.7. The van der Waals surface area contributed by atoms with E-state index in [0.717, 1.165) is 11.3 Å². The molecule has 43 heavy (non-hydrogen) atoms. The molecule has 4 rings (SSSR count). The van der Waals surface area contributed by atoms with Crippen LogP contribution in [0.15, 0.2) is 109 Å². The molecule has 0 aliphatic heterocycles. The van der Waals surface area contributed by atoms with Gasteiger partial charge in [0.05, 0.1) is 19.6 Å². The average molecular weight is 581 g/mol. The zero-order chi connectivity index (χ0) is 30.4. The molecule has 0 bridgehead atoms. The molecule has 2 N–H and O–H groups in total. The molecule has 1 atom stereocenters. The predicted octanol–water partition coefficient (Wildman–Crippen LogP) is 5.86. The summed E-state index contributed by atoms with van der Waals surface area (Å²) < 4.78 is 11.0. The third-order valence-electron chi connectivity index (χ3n) is 6.88. The summed E-state index contributed by atoms with van der Waals surface area (Å²) in [6.07, 6.45) is 1.13. The molecule has 0 aliphatic carbocycles. The fourth-order valence-corrected chi connectivity index (χ4v) is 4.64. The minimum atomic E-state index is -1.02. The first-order valence-electron chi connectivity index (χ1n) is 14.2. The number of nitrogens with zero attached hydrogens (tertiary/aromatic N) is 1. The van der Waals surface area contributed by atoms with Gasteiger partial charge >= 0.3 is 5.97 Å². The highest BCUT2D eigenvalue weighted by atomic mass is 16.5. The van der Waals surface area contributed by atoms with Crippen molar-refractivity contribution in [3.8, 4) is 5.75 Å². The van der Waals surface area contributed by atoms with Gasteiger partial charge in [0.1, 0.15) is 11.8 Å². The van der Waals surface area contributed by atoms with E-state index in [9.17, 15) is 19.5 Å². The van der Waals surface area contributed by atoms with Gasteiger partial charge in [-0.05, 0) is 48.4 Å². The Morgan fingerprint density at radius 1 is 0.814 bits per heavy atom. The zero-order valence-electron chi connectivity index (χ0n) is 24.1. The SMILES string of the molecule is COCCC(=O)N(CCCOc1ccc(CC(Nc2ccccc2C(=O)c2ccccc2)C(=O)O)cc1)c1ccccc1. The van der Waals surface area contributed by atoms with Crippen LogP contribution >= 0.6 is 0 Å². The lowest BCUT2D eigenvalue weighted by Crippen LogP contribution is -2.33. The number of ether oxygens (including phenoxy) is 2. The van der Waals surface area contributed by atoms with Crippen LogP contribution in [0.4, 0.5) is 11.4 Å². The lowest BCUT2D eigenvalue weighted by Gasteiger charge is -2.23. The zero-order valence-corrected chi connectivity index (χ0v) is 24.1. The molecule has 8 nitrogen and oxygen atoms in total. The Kier molecular flexibility index (Phi) is 11.5. The van der Waals surface area contributed by atoms with Crippen LogP contribution in [-0.2, 0) is 20.7 Å². The van der Waals surface area contributed by atoms with Crippen LogP contribution in [0.1, 0.15) is 34.3 Å². The fraction of sp³-hybridized carbons (Fsp3) is 0.229. The van der Waals surface area contributed by atoms with Gasteiger partial charge in [-0.25, -0.2) is 4.79 Å². The maximum Gasteiger partial charge on any atom is 0.326 e. The van der Waals surface area contributed by atoms with Gasteiger partial charge in [0.2, 0.25) is 5.91 Å². The number of carbonyl (C=O) groups excluding carboxylic acids is 2. The average Bonchev–Trinajstić information content (AvgIpc) is 3.04. The van der Waals surface area contributed by atoms with Crippen molar-refractivity contribution >= 4 is 29.0 Å². The molecule has 0 aliphatic rings. The van der Waals surface area contributed by atoms with Crippen LogP contribution < -0.4 is 15.0 Å². The van der Waals surface area contributed by atoms with Crippen molar-refractivity contribution in [2.24, 2.45) is 0 Å². The van der Waals surface area contributed by atoms with E-state index in [1.165, 1.54) is 0 Å². The molecule has 0 saturated heterocycles. The Morgan fingerprint density at radius 3 is 2.14 bits per heavy atom. The summed E-state index contributed by atoms with van der Waals surface area (Å²) in [5, 5.41) is 13.0. The summed E-state index contributed by atoms with van der Waals surface area (Å²) in [6, 6.07) is 31.7. The van der Waals surface area contributed by atoms with Crippen molar-refractivity contribution in [2.75, 3.05) is 37.1 Å². The molecule has 4 aromatic rings. The van der Waals surface area contributed by atoms with Gasteiger partial charge in [0.15, 0.2) is 5.78 Å². The molecule has 0 heterocycles. The molecule has 0 spiro atoms. The van der Waals surface area contributed by atoms with E-state index in [1.807, 2.05) is 48.5 Å². The molecule has 1 amide bonds. The first kappa shape index (κ1) is 31.0. The number of hydrogen-bond acceptors (Lipinski definition) is 6. The number of rotatable bonds is 16. The summed E-state index contributed by atoms with van der Waals surface area (Å²) in [6.45, 7) is 1.28. The number of hydrogen-bond donors (Lipinski definition) is 2. The van der Waals surface area contributed by atoms with Gasteiger partial charge < -0.3 is 24.8 Å². The van der Waals surface area contributed by atoms with Crippen LogP contribution in [0.5, 0.6) is 5.75 Å². The molecule has 222 valence electrons. The quantitative estimate of drug-likeness (QED) is 0.126. The Hall–Kier alpha value is -4.95. The smallest absolute Gasteiger partial charge is 0.326 e. The summed E-state index contributed by atoms with van der Waals surface area (Å²) in [5.41, 5.74) is 3.05. The van der Waals surface area contributed by atoms with Gasteiger partial charge in [-0.1, -0.05) is 72.8 Å². The molecule has 8 heteroatoms. The number of methoxy groups -OCH3 is 1. The van der Waals surface area contributed by atoms with Gasteiger partial charge in [0, 0.05) is 42.6 Å². The van der Waals surface area contributed by atoms with E-state index in [0.29, 0.717) is 55.2 Å². The second-order valence-electron chi connectivity index (χ2n) is 9.95. The second kappa shape index (κ2) is 15.9. The number of carbonyl (C=O) groups is 3. The molecule has 1 unspecified atom stereocenters. The summed E-state index contributed by atoms with van der Waals surface area (Å²) in [5.74, 6) is -0.559. The third kappa shape index (κ3) is 9.02. The second-order valence-corrected chi connectivity index (χ2v) is 9.95. The summed E-state index contributed by atoms with van der Waals surface area (Å²) >= 11 is 0. The number of para-hydroxylation sites is 2. The monoisotopic (exact) mass is 580 g/mol. The van der Waals surface area contributed by atoms with Crippen LogP contribution in [0.3, 0.4) is 0 Å². The van der Waals surface area contributed by atoms with Crippen molar-refractivity contribution in [2.45, 2.75) is 25.3 Å². The van der Waals surface area contributed by atoms with Gasteiger partial charge in [-0.3, -0.25) is 9.59 Å². The highest BCUT2D eigenvalue weighted by Gasteiger charge is 2.21. The fourth-order valence-electron chi connectivity index (χ4n) is 4.64. The minimum absolute atomic E-state index is 0.00828. The normalized spacial score (nSPS) is 11.4. The number of nitrogens with one attached hydrogen (secondary N) is 1. The largest absolute Gasteiger partial charge is 0.494 e. The standard InChI is InChI=1S/C35H36N2O6/c1-42-24-21-33(38)37(28-13-6-3-7-14-28)22-10-23-43-29-19-17-26(18-20-29)25-32(35(40)41)36-31-16-9-8-15-30(31)34(39)27-11-4-2-5-12-27/h2-9,11-20,32,36H,10,21-25H2,1H3,(H,40,41). The van der Waals surface area contributed by atoms with Crippen molar-refractivity contribution < 1.29 is 29.0 Å². The van der Waals surface area contributed by atoms with E-state index >= 15 is 0 Å². The molecule has 0 saturated carbocycles. The Balaban J connectivity index is 1.33.